The van der Waals surface area contributed by atoms with E-state index in [1.54, 1.807) is 0 Å². The van der Waals surface area contributed by atoms with Crippen LogP contribution in [0.5, 0.6) is 5.75 Å². The molecule has 19 heavy (non-hydrogen) atoms. The average molecular weight is 256 g/mol. The van der Waals surface area contributed by atoms with Crippen molar-refractivity contribution in [3.05, 3.63) is 48.3 Å². The highest BCUT2D eigenvalue weighted by atomic mass is 16.5. The van der Waals surface area contributed by atoms with Crippen LogP contribution < -0.4 is 10.1 Å². The zero-order valence-electron chi connectivity index (χ0n) is 11.5. The summed E-state index contributed by atoms with van der Waals surface area (Å²) < 4.78 is 5.80. The summed E-state index contributed by atoms with van der Waals surface area (Å²) in [6, 6.07) is 10.3. The van der Waals surface area contributed by atoms with Crippen molar-refractivity contribution in [2.75, 3.05) is 13.7 Å². The van der Waals surface area contributed by atoms with Gasteiger partial charge < -0.3 is 10.1 Å². The SMILES string of the molecule is CCCOc1ccccc1-c1cncc(CNC)c1. The highest BCUT2D eigenvalue weighted by Crippen LogP contribution is 2.29. The Labute approximate surface area is 114 Å². The molecule has 0 aliphatic rings. The summed E-state index contributed by atoms with van der Waals surface area (Å²) in [5.41, 5.74) is 3.37. The molecule has 2 rings (SSSR count). The molecule has 0 atom stereocenters. The van der Waals surface area contributed by atoms with Gasteiger partial charge >= 0.3 is 0 Å². The van der Waals surface area contributed by atoms with Crippen molar-refractivity contribution in [2.45, 2.75) is 19.9 Å². The van der Waals surface area contributed by atoms with Crippen molar-refractivity contribution in [1.29, 1.82) is 0 Å². The first-order valence-corrected chi connectivity index (χ1v) is 6.66. The molecule has 1 aromatic heterocycles. The van der Waals surface area contributed by atoms with Gasteiger partial charge in [-0.2, -0.15) is 0 Å². The van der Waals surface area contributed by atoms with E-state index in [-0.39, 0.29) is 0 Å². The lowest BCUT2D eigenvalue weighted by Gasteiger charge is -2.11. The molecule has 0 spiro atoms. The zero-order valence-corrected chi connectivity index (χ0v) is 11.5. The minimum absolute atomic E-state index is 0.737. The third-order valence-electron chi connectivity index (χ3n) is 2.84. The molecule has 1 aromatic carbocycles. The molecule has 0 amide bonds. The molecule has 0 saturated heterocycles. The van der Waals surface area contributed by atoms with Gasteiger partial charge in [-0.1, -0.05) is 25.1 Å². The molecule has 100 valence electrons. The molecule has 0 unspecified atom stereocenters. The maximum atomic E-state index is 5.80. The van der Waals surface area contributed by atoms with Gasteiger partial charge in [0.1, 0.15) is 5.75 Å². The van der Waals surface area contributed by atoms with Gasteiger partial charge in [-0.15, -0.1) is 0 Å². The summed E-state index contributed by atoms with van der Waals surface area (Å²) >= 11 is 0. The molecule has 0 fully saturated rings. The van der Waals surface area contributed by atoms with E-state index in [1.165, 1.54) is 5.56 Å². The lowest BCUT2D eigenvalue weighted by atomic mass is 10.0. The van der Waals surface area contributed by atoms with Crippen LogP contribution >= 0.6 is 0 Å². The average Bonchev–Trinajstić information content (AvgIpc) is 2.46. The summed E-state index contributed by atoms with van der Waals surface area (Å²) in [7, 11) is 1.94. The minimum atomic E-state index is 0.737. The molecule has 1 heterocycles. The molecule has 0 bridgehead atoms. The van der Waals surface area contributed by atoms with Gasteiger partial charge in [-0.25, -0.2) is 0 Å². The normalized spacial score (nSPS) is 10.4. The van der Waals surface area contributed by atoms with Crippen LogP contribution in [0.25, 0.3) is 11.1 Å². The van der Waals surface area contributed by atoms with E-state index in [0.29, 0.717) is 0 Å². The predicted octanol–water partition coefficient (Wildman–Crippen LogP) is 3.26. The number of hydrogen-bond donors (Lipinski definition) is 1. The molecular formula is C16H20N2O. The number of pyridine rings is 1. The Bertz CT molecular complexity index is 526. The largest absolute Gasteiger partial charge is 0.493 e. The third kappa shape index (κ3) is 3.55. The standard InChI is InChI=1S/C16H20N2O/c1-3-8-19-16-7-5-4-6-15(16)14-9-13(10-17-2)11-18-12-14/h4-7,9,11-12,17H,3,8,10H2,1-2H3. The third-order valence-corrected chi connectivity index (χ3v) is 2.84. The Kier molecular flexibility index (Phi) is 4.93. The quantitative estimate of drug-likeness (QED) is 0.861. The fourth-order valence-electron chi connectivity index (χ4n) is 1.98. The van der Waals surface area contributed by atoms with Crippen LogP contribution in [-0.2, 0) is 6.54 Å². The predicted molar refractivity (Wildman–Crippen MR) is 78.2 cm³/mol. The van der Waals surface area contributed by atoms with Gasteiger partial charge in [0, 0.05) is 30.1 Å². The van der Waals surface area contributed by atoms with Crippen LogP contribution in [0.15, 0.2) is 42.7 Å². The minimum Gasteiger partial charge on any atom is -0.493 e. The number of benzene rings is 1. The summed E-state index contributed by atoms with van der Waals surface area (Å²) in [4.78, 5) is 4.31. The number of nitrogens with zero attached hydrogens (tertiary/aromatic N) is 1. The molecule has 3 nitrogen and oxygen atoms in total. The second-order valence-corrected chi connectivity index (χ2v) is 4.46. The zero-order chi connectivity index (χ0) is 13.5. The first kappa shape index (κ1) is 13.6. The van der Waals surface area contributed by atoms with Crippen LogP contribution in [0.4, 0.5) is 0 Å². The molecule has 1 N–H and O–H groups in total. The molecule has 2 aromatic rings. The number of ether oxygens (including phenoxy) is 1. The molecule has 0 radical (unpaired) electrons. The Morgan fingerprint density at radius 3 is 2.84 bits per heavy atom. The Morgan fingerprint density at radius 1 is 1.21 bits per heavy atom. The van der Waals surface area contributed by atoms with Crippen LogP contribution in [0.1, 0.15) is 18.9 Å². The fourth-order valence-corrected chi connectivity index (χ4v) is 1.98. The van der Waals surface area contributed by atoms with Crippen molar-refractivity contribution < 1.29 is 4.74 Å². The van der Waals surface area contributed by atoms with Gasteiger partial charge in [-0.3, -0.25) is 4.98 Å². The second kappa shape index (κ2) is 6.90. The maximum absolute atomic E-state index is 5.80. The smallest absolute Gasteiger partial charge is 0.127 e. The van der Waals surface area contributed by atoms with Crippen molar-refractivity contribution in [2.24, 2.45) is 0 Å². The molecule has 0 aliphatic carbocycles. The monoisotopic (exact) mass is 256 g/mol. The van der Waals surface area contributed by atoms with Crippen molar-refractivity contribution in [3.8, 4) is 16.9 Å². The van der Waals surface area contributed by atoms with Crippen LogP contribution in [0.3, 0.4) is 0 Å². The molecule has 0 aliphatic heterocycles. The van der Waals surface area contributed by atoms with Gasteiger partial charge in [0.25, 0.3) is 0 Å². The molecule has 0 saturated carbocycles. The number of nitrogens with one attached hydrogen (secondary N) is 1. The summed E-state index contributed by atoms with van der Waals surface area (Å²) in [5.74, 6) is 0.924. The number of hydrogen-bond acceptors (Lipinski definition) is 3. The number of rotatable bonds is 6. The van der Waals surface area contributed by atoms with E-state index in [0.717, 1.165) is 36.4 Å². The van der Waals surface area contributed by atoms with Crippen LogP contribution in [0.2, 0.25) is 0 Å². The Morgan fingerprint density at radius 2 is 2.05 bits per heavy atom. The van der Waals surface area contributed by atoms with Gasteiger partial charge in [0.05, 0.1) is 6.61 Å². The fraction of sp³-hybridized carbons (Fsp3) is 0.312. The molecule has 3 heteroatoms. The highest BCUT2D eigenvalue weighted by Gasteiger charge is 2.06. The maximum Gasteiger partial charge on any atom is 0.127 e. The lowest BCUT2D eigenvalue weighted by Crippen LogP contribution is -2.05. The van der Waals surface area contributed by atoms with Crippen LogP contribution in [-0.4, -0.2) is 18.6 Å². The lowest BCUT2D eigenvalue weighted by molar-refractivity contribution is 0.318. The van der Waals surface area contributed by atoms with E-state index in [1.807, 2.05) is 37.6 Å². The summed E-state index contributed by atoms with van der Waals surface area (Å²) in [6.07, 6.45) is 4.77. The topological polar surface area (TPSA) is 34.1 Å². The van der Waals surface area contributed by atoms with Crippen molar-refractivity contribution >= 4 is 0 Å². The summed E-state index contributed by atoms with van der Waals surface area (Å²) in [5, 5.41) is 3.14. The first-order valence-electron chi connectivity index (χ1n) is 6.66. The van der Waals surface area contributed by atoms with Crippen molar-refractivity contribution in [1.82, 2.24) is 10.3 Å². The Hall–Kier alpha value is -1.87. The first-order chi connectivity index (χ1) is 9.35. The highest BCUT2D eigenvalue weighted by molar-refractivity contribution is 5.70. The number of para-hydroxylation sites is 1. The van der Waals surface area contributed by atoms with Gasteiger partial charge in [-0.05, 0) is 31.2 Å². The van der Waals surface area contributed by atoms with E-state index >= 15 is 0 Å². The van der Waals surface area contributed by atoms with E-state index < -0.39 is 0 Å². The summed E-state index contributed by atoms with van der Waals surface area (Å²) in [6.45, 7) is 3.66. The van der Waals surface area contributed by atoms with Crippen molar-refractivity contribution in [3.63, 3.8) is 0 Å². The van der Waals surface area contributed by atoms with E-state index in [4.69, 9.17) is 4.74 Å². The number of aromatic nitrogens is 1. The Balaban J connectivity index is 2.32. The second-order valence-electron chi connectivity index (χ2n) is 4.46. The molecular weight excluding hydrogens is 236 g/mol. The van der Waals surface area contributed by atoms with E-state index in [2.05, 4.69) is 29.4 Å². The van der Waals surface area contributed by atoms with Crippen LogP contribution in [0, 0.1) is 0 Å². The van der Waals surface area contributed by atoms with E-state index in [9.17, 15) is 0 Å². The van der Waals surface area contributed by atoms with Gasteiger partial charge in [0.15, 0.2) is 0 Å². The van der Waals surface area contributed by atoms with Gasteiger partial charge in [0.2, 0.25) is 0 Å².